The van der Waals surface area contributed by atoms with E-state index in [0.717, 1.165) is 30.4 Å². The number of Topliss-reactive ketones (excluding diaryl/α,β-unsaturated/α-hetero) is 1. The summed E-state index contributed by atoms with van der Waals surface area (Å²) in [6.07, 6.45) is 3.97. The number of hydrogen-bond acceptors (Lipinski definition) is 7. The summed E-state index contributed by atoms with van der Waals surface area (Å²) >= 11 is 0. The number of aliphatic hydroxyl groups is 1. The predicted molar refractivity (Wildman–Crippen MR) is 192 cm³/mol. The molecule has 50 heavy (non-hydrogen) atoms. The lowest BCUT2D eigenvalue weighted by Gasteiger charge is -2.44. The number of amides is 3. The van der Waals surface area contributed by atoms with Gasteiger partial charge in [0.05, 0.1) is 18.1 Å². The number of likely N-dealkylation sites (tertiary alicyclic amines) is 1. The lowest BCUT2D eigenvalue weighted by Crippen LogP contribution is -2.56. The molecule has 10 nitrogen and oxygen atoms in total. The van der Waals surface area contributed by atoms with Crippen LogP contribution in [0.4, 0.5) is 11.4 Å². The van der Waals surface area contributed by atoms with Crippen LogP contribution in [0.1, 0.15) is 76.0 Å². The van der Waals surface area contributed by atoms with Gasteiger partial charge in [0.1, 0.15) is 11.7 Å². The van der Waals surface area contributed by atoms with Crippen LogP contribution >= 0.6 is 0 Å². The van der Waals surface area contributed by atoms with Crippen LogP contribution in [0.5, 0.6) is 11.5 Å². The number of nitrogens with zero attached hydrogens (tertiary/aromatic N) is 1. The number of rotatable bonds is 12. The molecule has 3 aromatic rings. The number of piperidine rings is 1. The predicted octanol–water partition coefficient (Wildman–Crippen LogP) is 5.92. The maximum absolute atomic E-state index is 14.4. The van der Waals surface area contributed by atoms with Gasteiger partial charge in [0.25, 0.3) is 5.91 Å². The van der Waals surface area contributed by atoms with Gasteiger partial charge in [0.15, 0.2) is 18.1 Å². The van der Waals surface area contributed by atoms with Crippen LogP contribution in [-0.4, -0.2) is 65.4 Å². The van der Waals surface area contributed by atoms with Crippen molar-refractivity contribution in [1.29, 1.82) is 0 Å². The van der Waals surface area contributed by atoms with E-state index in [1.807, 2.05) is 57.2 Å². The second-order valence-corrected chi connectivity index (χ2v) is 13.4. The standard InChI is InChI=1S/C40H49N3O7/c1-5-26-15-9-11-17-29(26)41-38(46)36-31(44)24-40(4,48)37(39(47)42-30-18-12-10-16-27(30)6-2)35(36)28-19-20-32(33(23-28)49-7-3)50-25-34(45)43-21-13-8-14-22-43/h9-12,15-20,23,35-37,48H,5-8,13-14,21-22,24-25H2,1-4H3,(H,41,46)(H,42,47). The molecule has 266 valence electrons. The van der Waals surface area contributed by atoms with Crippen LogP contribution in [-0.2, 0) is 32.0 Å². The maximum Gasteiger partial charge on any atom is 0.260 e. The van der Waals surface area contributed by atoms with Crippen molar-refractivity contribution >= 4 is 34.9 Å². The summed E-state index contributed by atoms with van der Waals surface area (Å²) in [7, 11) is 0. The highest BCUT2D eigenvalue weighted by atomic mass is 16.5. The van der Waals surface area contributed by atoms with Crippen LogP contribution in [0.3, 0.4) is 0 Å². The molecule has 1 aliphatic carbocycles. The summed E-state index contributed by atoms with van der Waals surface area (Å²) in [5.41, 5.74) is 1.66. The Morgan fingerprint density at radius 1 is 0.820 bits per heavy atom. The van der Waals surface area contributed by atoms with Crippen molar-refractivity contribution in [2.45, 2.75) is 77.7 Å². The molecule has 0 spiro atoms. The second-order valence-electron chi connectivity index (χ2n) is 13.4. The summed E-state index contributed by atoms with van der Waals surface area (Å²) in [5.74, 6) is -4.61. The second kappa shape index (κ2) is 16.3. The van der Waals surface area contributed by atoms with Gasteiger partial charge in [0.2, 0.25) is 11.8 Å². The molecular formula is C40H49N3O7. The molecule has 3 aromatic carbocycles. The summed E-state index contributed by atoms with van der Waals surface area (Å²) in [6, 6.07) is 19.8. The zero-order chi connectivity index (χ0) is 35.8. The van der Waals surface area contributed by atoms with Gasteiger partial charge in [-0.05, 0) is 86.9 Å². The van der Waals surface area contributed by atoms with E-state index in [0.29, 0.717) is 54.4 Å². The highest BCUT2D eigenvalue weighted by Gasteiger charge is 2.56. The van der Waals surface area contributed by atoms with E-state index in [9.17, 15) is 24.3 Å². The van der Waals surface area contributed by atoms with Crippen molar-refractivity contribution in [1.82, 2.24) is 4.90 Å². The Balaban J connectivity index is 1.55. The van der Waals surface area contributed by atoms with Crippen LogP contribution in [0.15, 0.2) is 66.7 Å². The average Bonchev–Trinajstić information content (AvgIpc) is 3.11. The molecule has 3 amide bonds. The minimum absolute atomic E-state index is 0.113. The first-order chi connectivity index (χ1) is 24.1. The number of nitrogens with one attached hydrogen (secondary N) is 2. The Labute approximate surface area is 294 Å². The molecule has 3 N–H and O–H groups in total. The molecule has 10 heteroatoms. The zero-order valence-electron chi connectivity index (χ0n) is 29.5. The van der Waals surface area contributed by atoms with Crippen molar-refractivity contribution in [2.75, 3.05) is 36.9 Å². The van der Waals surface area contributed by atoms with Gasteiger partial charge in [0, 0.05) is 36.8 Å². The summed E-state index contributed by atoms with van der Waals surface area (Å²) < 4.78 is 11.9. The molecule has 1 heterocycles. The summed E-state index contributed by atoms with van der Waals surface area (Å²) in [5, 5.41) is 17.8. The van der Waals surface area contributed by atoms with Crippen LogP contribution < -0.4 is 20.1 Å². The normalized spacial score (nSPS) is 22.1. The van der Waals surface area contributed by atoms with Crippen LogP contribution in [0.2, 0.25) is 0 Å². The minimum atomic E-state index is -1.78. The van der Waals surface area contributed by atoms with Gasteiger partial charge in [-0.1, -0.05) is 56.3 Å². The van der Waals surface area contributed by atoms with Gasteiger partial charge in [-0.25, -0.2) is 0 Å². The monoisotopic (exact) mass is 683 g/mol. The molecular weight excluding hydrogens is 634 g/mol. The first-order valence-electron chi connectivity index (χ1n) is 17.8. The van der Waals surface area contributed by atoms with Crippen molar-refractivity contribution < 1.29 is 33.8 Å². The van der Waals surface area contributed by atoms with Crippen LogP contribution in [0, 0.1) is 11.8 Å². The third kappa shape index (κ3) is 8.18. The molecule has 4 unspecified atom stereocenters. The first kappa shape index (κ1) is 36.6. The number of hydrogen-bond donors (Lipinski definition) is 3. The van der Waals surface area contributed by atoms with E-state index >= 15 is 0 Å². The molecule has 2 aliphatic rings. The minimum Gasteiger partial charge on any atom is -0.490 e. The van der Waals surface area contributed by atoms with Gasteiger partial charge in [-0.2, -0.15) is 0 Å². The number of carbonyl (C=O) groups excluding carboxylic acids is 4. The van der Waals surface area contributed by atoms with Crippen molar-refractivity contribution in [2.24, 2.45) is 11.8 Å². The number of para-hydroxylation sites is 2. The molecule has 1 aliphatic heterocycles. The Morgan fingerprint density at radius 2 is 1.42 bits per heavy atom. The topological polar surface area (TPSA) is 134 Å². The Hall–Kier alpha value is -4.70. The van der Waals surface area contributed by atoms with Crippen LogP contribution in [0.25, 0.3) is 0 Å². The molecule has 1 saturated heterocycles. The number of aryl methyl sites for hydroxylation is 2. The Kier molecular flexibility index (Phi) is 12.0. The van der Waals surface area contributed by atoms with Gasteiger partial charge in [-0.15, -0.1) is 0 Å². The van der Waals surface area contributed by atoms with E-state index in [-0.39, 0.29) is 25.5 Å². The number of carbonyl (C=O) groups is 4. The average molecular weight is 684 g/mol. The number of ketones is 1. The molecule has 0 bridgehead atoms. The van der Waals surface area contributed by atoms with E-state index in [1.165, 1.54) is 6.92 Å². The fourth-order valence-electron chi connectivity index (χ4n) is 7.31. The number of ether oxygens (including phenoxy) is 2. The van der Waals surface area contributed by atoms with Gasteiger partial charge >= 0.3 is 0 Å². The summed E-state index contributed by atoms with van der Waals surface area (Å²) in [4.78, 5) is 57.2. The third-order valence-corrected chi connectivity index (χ3v) is 9.86. The highest BCUT2D eigenvalue weighted by molar-refractivity contribution is 6.10. The highest BCUT2D eigenvalue weighted by Crippen LogP contribution is 2.48. The first-order valence-corrected chi connectivity index (χ1v) is 17.8. The lowest BCUT2D eigenvalue weighted by atomic mass is 9.61. The zero-order valence-corrected chi connectivity index (χ0v) is 29.5. The number of anilines is 2. The van der Waals surface area contributed by atoms with Gasteiger partial charge < -0.3 is 30.1 Å². The molecule has 0 radical (unpaired) electrons. The molecule has 0 aromatic heterocycles. The van der Waals surface area contributed by atoms with Crippen molar-refractivity contribution in [3.05, 3.63) is 83.4 Å². The fraction of sp³-hybridized carbons (Fsp3) is 0.450. The van der Waals surface area contributed by atoms with E-state index in [1.54, 1.807) is 35.2 Å². The van der Waals surface area contributed by atoms with E-state index in [2.05, 4.69) is 10.6 Å². The third-order valence-electron chi connectivity index (χ3n) is 9.86. The molecule has 1 saturated carbocycles. The lowest BCUT2D eigenvalue weighted by molar-refractivity contribution is -0.151. The SMILES string of the molecule is CCOc1cc(C2C(C(=O)Nc3ccccc3CC)C(=O)CC(C)(O)C2C(=O)Nc2ccccc2CC)ccc1OCC(=O)N1CCCCC1. The molecule has 2 fully saturated rings. The smallest absolute Gasteiger partial charge is 0.260 e. The summed E-state index contributed by atoms with van der Waals surface area (Å²) in [6.45, 7) is 8.76. The van der Waals surface area contributed by atoms with Crippen molar-refractivity contribution in [3.8, 4) is 11.5 Å². The molecule has 5 rings (SSSR count). The maximum atomic E-state index is 14.4. The van der Waals surface area contributed by atoms with Crippen molar-refractivity contribution in [3.63, 3.8) is 0 Å². The Bertz CT molecular complexity index is 1700. The van der Waals surface area contributed by atoms with E-state index in [4.69, 9.17) is 9.47 Å². The largest absolute Gasteiger partial charge is 0.490 e. The Morgan fingerprint density at radius 3 is 2.02 bits per heavy atom. The quantitative estimate of drug-likeness (QED) is 0.202. The number of benzene rings is 3. The molecule has 4 atom stereocenters. The van der Waals surface area contributed by atoms with E-state index < -0.39 is 41.0 Å². The fourth-order valence-corrected chi connectivity index (χ4v) is 7.31. The van der Waals surface area contributed by atoms with Gasteiger partial charge in [-0.3, -0.25) is 19.2 Å².